The fraction of sp³-hybridized carbons (Fsp3) is 0.310. The molecule has 0 fully saturated rings. The Bertz CT molecular complexity index is 1330. The Kier molecular flexibility index (Phi) is 9.90. The van der Waals surface area contributed by atoms with Gasteiger partial charge in [0.1, 0.15) is 18.3 Å². The van der Waals surface area contributed by atoms with Crippen molar-refractivity contribution in [1.82, 2.24) is 10.2 Å². The third-order valence-electron chi connectivity index (χ3n) is 6.15. The lowest BCUT2D eigenvalue weighted by molar-refractivity contribution is -0.139. The number of aryl methyl sites for hydroxylation is 1. The molecule has 0 radical (unpaired) electrons. The molecule has 0 aromatic heterocycles. The maximum atomic E-state index is 13.9. The summed E-state index contributed by atoms with van der Waals surface area (Å²) in [6, 6.07) is 21.4. The Labute approximate surface area is 225 Å². The minimum Gasteiger partial charge on any atom is -0.495 e. The van der Waals surface area contributed by atoms with Crippen LogP contribution in [0.15, 0.2) is 83.8 Å². The van der Waals surface area contributed by atoms with Crippen molar-refractivity contribution in [2.24, 2.45) is 0 Å². The van der Waals surface area contributed by atoms with Crippen LogP contribution in [-0.2, 0) is 26.2 Å². The number of nitrogens with one attached hydrogen (secondary N) is 1. The van der Waals surface area contributed by atoms with Gasteiger partial charge in [-0.15, -0.1) is 0 Å². The van der Waals surface area contributed by atoms with Crippen molar-refractivity contribution in [3.63, 3.8) is 0 Å². The van der Waals surface area contributed by atoms with Crippen LogP contribution in [0, 0.1) is 6.92 Å². The Balaban J connectivity index is 2.04. The number of hydrogen-bond donors (Lipinski definition) is 1. The highest BCUT2D eigenvalue weighted by atomic mass is 32.2. The zero-order valence-corrected chi connectivity index (χ0v) is 23.1. The Morgan fingerprint density at radius 1 is 0.947 bits per heavy atom. The van der Waals surface area contributed by atoms with Gasteiger partial charge in [0, 0.05) is 13.1 Å². The van der Waals surface area contributed by atoms with Crippen LogP contribution < -0.4 is 14.4 Å². The fourth-order valence-electron chi connectivity index (χ4n) is 3.94. The van der Waals surface area contributed by atoms with E-state index in [0.29, 0.717) is 12.3 Å². The third kappa shape index (κ3) is 6.92. The first kappa shape index (κ1) is 28.7. The van der Waals surface area contributed by atoms with Crippen LogP contribution in [0.25, 0.3) is 0 Å². The van der Waals surface area contributed by atoms with Gasteiger partial charge in [-0.1, -0.05) is 67.1 Å². The zero-order valence-electron chi connectivity index (χ0n) is 22.3. The first-order valence-electron chi connectivity index (χ1n) is 12.5. The molecule has 0 aliphatic rings. The maximum Gasteiger partial charge on any atom is 0.264 e. The van der Waals surface area contributed by atoms with E-state index in [-0.39, 0.29) is 23.0 Å². The normalized spacial score (nSPS) is 11.9. The minimum atomic E-state index is -4.15. The smallest absolute Gasteiger partial charge is 0.264 e. The Hall–Kier alpha value is -3.85. The van der Waals surface area contributed by atoms with Crippen molar-refractivity contribution in [3.05, 3.63) is 90.0 Å². The van der Waals surface area contributed by atoms with Gasteiger partial charge in [0.05, 0.1) is 17.7 Å². The lowest BCUT2D eigenvalue weighted by atomic mass is 10.1. The third-order valence-corrected chi connectivity index (χ3v) is 7.93. The molecule has 0 heterocycles. The lowest BCUT2D eigenvalue weighted by Gasteiger charge is -2.32. The zero-order chi connectivity index (χ0) is 27.7. The molecule has 0 aliphatic heterocycles. The summed E-state index contributed by atoms with van der Waals surface area (Å²) >= 11 is 0. The first-order valence-corrected chi connectivity index (χ1v) is 14.0. The topological polar surface area (TPSA) is 96.0 Å². The average Bonchev–Trinajstić information content (AvgIpc) is 2.94. The second-order valence-electron chi connectivity index (χ2n) is 8.97. The van der Waals surface area contributed by atoms with Crippen LogP contribution in [-0.4, -0.2) is 51.4 Å². The number of hydrogen-bond acceptors (Lipinski definition) is 5. The Morgan fingerprint density at radius 3 is 2.21 bits per heavy atom. The molecule has 0 saturated carbocycles. The number of sulfonamides is 1. The van der Waals surface area contributed by atoms with Gasteiger partial charge in [-0.05, 0) is 50.1 Å². The second kappa shape index (κ2) is 13.1. The number of rotatable bonds is 12. The predicted octanol–water partition coefficient (Wildman–Crippen LogP) is 4.14. The van der Waals surface area contributed by atoms with E-state index in [1.807, 2.05) is 38.1 Å². The predicted molar refractivity (Wildman–Crippen MR) is 148 cm³/mol. The van der Waals surface area contributed by atoms with E-state index in [9.17, 15) is 18.0 Å². The number of anilines is 1. The van der Waals surface area contributed by atoms with Crippen molar-refractivity contribution < 1.29 is 22.7 Å². The molecule has 0 saturated heterocycles. The molecule has 0 unspecified atom stereocenters. The molecule has 3 aromatic rings. The molecule has 3 rings (SSSR count). The van der Waals surface area contributed by atoms with Gasteiger partial charge >= 0.3 is 0 Å². The molecule has 202 valence electrons. The molecule has 9 heteroatoms. The van der Waals surface area contributed by atoms with Gasteiger partial charge in [0.15, 0.2) is 0 Å². The fourth-order valence-corrected chi connectivity index (χ4v) is 5.38. The van der Waals surface area contributed by atoms with Gasteiger partial charge in [-0.25, -0.2) is 8.42 Å². The van der Waals surface area contributed by atoms with Crippen molar-refractivity contribution in [2.75, 3.05) is 24.5 Å². The summed E-state index contributed by atoms with van der Waals surface area (Å²) in [6.07, 6.45) is 0.751. The number of nitrogens with zero attached hydrogens (tertiary/aromatic N) is 2. The van der Waals surface area contributed by atoms with Crippen LogP contribution in [0.1, 0.15) is 31.4 Å². The van der Waals surface area contributed by atoms with Crippen LogP contribution in [0.3, 0.4) is 0 Å². The number of benzene rings is 3. The highest BCUT2D eigenvalue weighted by molar-refractivity contribution is 7.92. The largest absolute Gasteiger partial charge is 0.495 e. The van der Waals surface area contributed by atoms with Gasteiger partial charge in [-0.2, -0.15) is 0 Å². The van der Waals surface area contributed by atoms with Crippen molar-refractivity contribution in [2.45, 2.75) is 44.7 Å². The highest BCUT2D eigenvalue weighted by Crippen LogP contribution is 2.32. The van der Waals surface area contributed by atoms with E-state index in [0.717, 1.165) is 21.9 Å². The van der Waals surface area contributed by atoms with E-state index in [1.54, 1.807) is 49.4 Å². The number of amides is 2. The molecule has 3 aromatic carbocycles. The molecule has 2 amide bonds. The molecule has 1 atom stereocenters. The van der Waals surface area contributed by atoms with Gasteiger partial charge in [0.25, 0.3) is 10.0 Å². The second-order valence-corrected chi connectivity index (χ2v) is 10.8. The monoisotopic (exact) mass is 537 g/mol. The SMILES string of the molecule is CCCNC(=O)[C@@H](C)N(Cc1ccc(C)cc1)C(=O)CN(c1ccccc1OC)S(=O)(=O)c1ccccc1. The molecule has 1 N–H and O–H groups in total. The number of carbonyl (C=O) groups excluding carboxylic acids is 2. The Morgan fingerprint density at radius 2 is 1.58 bits per heavy atom. The average molecular weight is 538 g/mol. The molecule has 0 spiro atoms. The van der Waals surface area contributed by atoms with E-state index < -0.39 is 28.5 Å². The lowest BCUT2D eigenvalue weighted by Crippen LogP contribution is -2.51. The van der Waals surface area contributed by atoms with Gasteiger partial charge < -0.3 is 15.0 Å². The summed E-state index contributed by atoms with van der Waals surface area (Å²) in [5.74, 6) is -0.518. The van der Waals surface area contributed by atoms with E-state index in [4.69, 9.17) is 4.74 Å². The molecule has 8 nitrogen and oxygen atoms in total. The van der Waals surface area contributed by atoms with Crippen LogP contribution in [0.4, 0.5) is 5.69 Å². The summed E-state index contributed by atoms with van der Waals surface area (Å²) in [6.45, 7) is 5.66. The number of ether oxygens (including phenoxy) is 1. The van der Waals surface area contributed by atoms with Crippen LogP contribution in [0.2, 0.25) is 0 Å². The molecule has 0 bridgehead atoms. The highest BCUT2D eigenvalue weighted by Gasteiger charge is 2.33. The minimum absolute atomic E-state index is 0.0394. The summed E-state index contributed by atoms with van der Waals surface area (Å²) in [5, 5.41) is 2.84. The van der Waals surface area contributed by atoms with Gasteiger partial charge in [0.2, 0.25) is 11.8 Å². The molecule has 0 aliphatic carbocycles. The van der Waals surface area contributed by atoms with E-state index >= 15 is 0 Å². The summed E-state index contributed by atoms with van der Waals surface area (Å²) in [4.78, 5) is 28.3. The van der Waals surface area contributed by atoms with Gasteiger partial charge in [-0.3, -0.25) is 13.9 Å². The summed E-state index contributed by atoms with van der Waals surface area (Å²) in [5.41, 5.74) is 2.12. The summed E-state index contributed by atoms with van der Waals surface area (Å²) in [7, 11) is -2.71. The first-order chi connectivity index (χ1) is 18.2. The molecular formula is C29H35N3O5S. The van der Waals surface area contributed by atoms with Crippen LogP contribution in [0.5, 0.6) is 5.75 Å². The maximum absolute atomic E-state index is 13.9. The number of methoxy groups -OCH3 is 1. The standard InChI is InChI=1S/C29H35N3O5S/c1-5-19-30-29(34)23(3)31(20-24-17-15-22(2)16-18-24)28(33)21-32(26-13-9-10-14-27(26)37-4)38(35,36)25-11-7-6-8-12-25/h6-18,23H,5,19-21H2,1-4H3,(H,30,34)/t23-/m1/s1. The van der Waals surface area contributed by atoms with Crippen molar-refractivity contribution in [1.29, 1.82) is 0 Å². The molecular weight excluding hydrogens is 502 g/mol. The summed E-state index contributed by atoms with van der Waals surface area (Å²) < 4.78 is 34.1. The quantitative estimate of drug-likeness (QED) is 0.375. The number of carbonyl (C=O) groups is 2. The van der Waals surface area contributed by atoms with E-state index in [2.05, 4.69) is 5.32 Å². The van der Waals surface area contributed by atoms with E-state index in [1.165, 1.54) is 24.1 Å². The van der Waals surface area contributed by atoms with Crippen molar-refractivity contribution in [3.8, 4) is 5.75 Å². The van der Waals surface area contributed by atoms with Crippen LogP contribution >= 0.6 is 0 Å². The number of para-hydroxylation sites is 2. The molecule has 38 heavy (non-hydrogen) atoms. The van der Waals surface area contributed by atoms with Crippen molar-refractivity contribution >= 4 is 27.5 Å².